The van der Waals surface area contributed by atoms with Crippen LogP contribution in [0.3, 0.4) is 0 Å². The lowest BCUT2D eigenvalue weighted by Gasteiger charge is -2.35. The van der Waals surface area contributed by atoms with E-state index in [4.69, 9.17) is 23.2 Å². The first-order valence-electron chi connectivity index (χ1n) is 13.7. The SMILES string of the molecule is CS(=O)(=O)N(CC(=O)N(Cc1ccccc1Cl)C(Cc1ccccc1)C(=O)NC1CCCCC1)c1ccc(Cl)cc1. The summed E-state index contributed by atoms with van der Waals surface area (Å²) in [5.74, 6) is -0.788. The highest BCUT2D eigenvalue weighted by Crippen LogP contribution is 2.25. The van der Waals surface area contributed by atoms with Gasteiger partial charge < -0.3 is 10.2 Å². The summed E-state index contributed by atoms with van der Waals surface area (Å²) in [6.07, 6.45) is 6.31. The molecule has 1 fully saturated rings. The van der Waals surface area contributed by atoms with Crippen molar-refractivity contribution in [2.75, 3.05) is 17.1 Å². The maximum absolute atomic E-state index is 14.2. The van der Waals surface area contributed by atoms with Crippen LogP contribution in [-0.2, 0) is 32.6 Å². The second-order valence-corrected chi connectivity index (χ2v) is 13.2. The lowest BCUT2D eigenvalue weighted by molar-refractivity contribution is -0.140. The van der Waals surface area contributed by atoms with Crippen LogP contribution in [0.5, 0.6) is 0 Å². The van der Waals surface area contributed by atoms with Gasteiger partial charge in [-0.25, -0.2) is 8.42 Å². The summed E-state index contributed by atoms with van der Waals surface area (Å²) < 4.78 is 26.8. The maximum Gasteiger partial charge on any atom is 0.244 e. The molecular weight excluding hydrogens is 581 g/mol. The number of halogens is 2. The van der Waals surface area contributed by atoms with Gasteiger partial charge in [-0.3, -0.25) is 13.9 Å². The van der Waals surface area contributed by atoms with E-state index in [9.17, 15) is 18.0 Å². The number of anilines is 1. The molecule has 10 heteroatoms. The third-order valence-electron chi connectivity index (χ3n) is 7.31. The van der Waals surface area contributed by atoms with Gasteiger partial charge in [0.05, 0.1) is 11.9 Å². The van der Waals surface area contributed by atoms with Crippen molar-refractivity contribution in [3.8, 4) is 0 Å². The van der Waals surface area contributed by atoms with Crippen molar-refractivity contribution >= 4 is 50.7 Å². The molecule has 1 aliphatic carbocycles. The highest BCUT2D eigenvalue weighted by molar-refractivity contribution is 7.92. The van der Waals surface area contributed by atoms with E-state index in [0.717, 1.165) is 48.2 Å². The second kappa shape index (κ2) is 14.2. The number of nitrogens with one attached hydrogen (secondary N) is 1. The number of hydrogen-bond acceptors (Lipinski definition) is 4. The van der Waals surface area contributed by atoms with E-state index < -0.39 is 28.5 Å². The van der Waals surface area contributed by atoms with E-state index >= 15 is 0 Å². The van der Waals surface area contributed by atoms with Crippen LogP contribution in [0.15, 0.2) is 78.9 Å². The topological polar surface area (TPSA) is 86.8 Å². The van der Waals surface area contributed by atoms with Crippen molar-refractivity contribution in [2.45, 2.75) is 57.2 Å². The van der Waals surface area contributed by atoms with Crippen LogP contribution in [0.25, 0.3) is 0 Å². The Morgan fingerprint density at radius 1 is 0.902 bits per heavy atom. The fourth-order valence-corrected chi connectivity index (χ4v) is 6.30. The molecule has 0 heterocycles. The lowest BCUT2D eigenvalue weighted by atomic mass is 9.94. The normalized spacial score (nSPS) is 14.7. The van der Waals surface area contributed by atoms with E-state index in [1.165, 1.54) is 4.90 Å². The molecule has 4 rings (SSSR count). The number of sulfonamides is 1. The molecule has 0 bridgehead atoms. The average Bonchev–Trinajstić information content (AvgIpc) is 2.95. The summed E-state index contributed by atoms with van der Waals surface area (Å²) in [4.78, 5) is 29.6. The van der Waals surface area contributed by atoms with Crippen LogP contribution in [0.4, 0.5) is 5.69 Å². The van der Waals surface area contributed by atoms with Crippen molar-refractivity contribution in [1.82, 2.24) is 10.2 Å². The molecule has 0 radical (unpaired) electrons. The third kappa shape index (κ3) is 8.71. The Balaban J connectivity index is 1.72. The molecule has 1 N–H and O–H groups in total. The Kier molecular flexibility index (Phi) is 10.7. The minimum Gasteiger partial charge on any atom is -0.352 e. The zero-order valence-electron chi connectivity index (χ0n) is 23.0. The Labute approximate surface area is 252 Å². The molecule has 0 aromatic heterocycles. The largest absolute Gasteiger partial charge is 0.352 e. The zero-order valence-corrected chi connectivity index (χ0v) is 25.3. The highest BCUT2D eigenvalue weighted by Gasteiger charge is 2.34. The predicted molar refractivity (Wildman–Crippen MR) is 165 cm³/mol. The number of amides is 2. The van der Waals surface area contributed by atoms with Crippen LogP contribution in [0.1, 0.15) is 43.2 Å². The fraction of sp³-hybridized carbons (Fsp3) is 0.355. The molecule has 0 spiro atoms. The van der Waals surface area contributed by atoms with Crippen LogP contribution in [-0.4, -0.2) is 50.0 Å². The average molecular weight is 617 g/mol. The summed E-state index contributed by atoms with van der Waals surface area (Å²) in [5, 5.41) is 4.08. The molecule has 2 amide bonds. The van der Waals surface area contributed by atoms with Crippen molar-refractivity contribution in [3.05, 3.63) is 100 Å². The number of nitrogens with zero attached hydrogens (tertiary/aromatic N) is 2. The highest BCUT2D eigenvalue weighted by atomic mass is 35.5. The monoisotopic (exact) mass is 615 g/mol. The Bertz CT molecular complexity index is 1430. The number of hydrogen-bond donors (Lipinski definition) is 1. The third-order valence-corrected chi connectivity index (χ3v) is 9.08. The van der Waals surface area contributed by atoms with Gasteiger partial charge in [-0.2, -0.15) is 0 Å². The number of carbonyl (C=O) groups excluding carboxylic acids is 2. The van der Waals surface area contributed by atoms with Crippen molar-refractivity contribution in [3.63, 3.8) is 0 Å². The standard InChI is InChI=1S/C31H35Cl2N3O4S/c1-41(39,40)36(27-18-16-25(32)17-19-27)22-30(37)35(21-24-12-8-9-15-28(24)33)29(20-23-10-4-2-5-11-23)31(38)34-26-13-6-3-7-14-26/h2,4-5,8-12,15-19,26,29H,3,6-7,13-14,20-22H2,1H3,(H,34,38). The first-order valence-corrected chi connectivity index (χ1v) is 16.3. The molecule has 7 nitrogen and oxygen atoms in total. The van der Waals surface area contributed by atoms with Crippen molar-refractivity contribution < 1.29 is 18.0 Å². The fourth-order valence-electron chi connectivity index (χ4n) is 5.13. The predicted octanol–water partition coefficient (Wildman–Crippen LogP) is 5.85. The molecular formula is C31H35Cl2N3O4S. The number of benzene rings is 3. The first-order chi connectivity index (χ1) is 19.6. The second-order valence-electron chi connectivity index (χ2n) is 10.4. The van der Waals surface area contributed by atoms with Crippen LogP contribution in [0, 0.1) is 0 Å². The lowest BCUT2D eigenvalue weighted by Crippen LogP contribution is -2.55. The van der Waals surface area contributed by atoms with E-state index in [-0.39, 0.29) is 24.9 Å². The van der Waals surface area contributed by atoms with E-state index in [0.29, 0.717) is 21.3 Å². The molecule has 1 unspecified atom stereocenters. The minimum atomic E-state index is -3.85. The zero-order chi connectivity index (χ0) is 29.4. The van der Waals surface area contributed by atoms with Crippen molar-refractivity contribution in [2.24, 2.45) is 0 Å². The quantitative estimate of drug-likeness (QED) is 0.293. The molecule has 0 saturated heterocycles. The van der Waals surface area contributed by atoms with Gasteiger partial charge in [0.1, 0.15) is 12.6 Å². The van der Waals surface area contributed by atoms with Crippen LogP contribution in [0.2, 0.25) is 10.0 Å². The Morgan fingerprint density at radius 3 is 2.17 bits per heavy atom. The van der Waals surface area contributed by atoms with Crippen LogP contribution < -0.4 is 9.62 Å². The smallest absolute Gasteiger partial charge is 0.244 e. The van der Waals surface area contributed by atoms with Gasteiger partial charge in [0, 0.05) is 29.1 Å². The van der Waals surface area contributed by atoms with Crippen LogP contribution >= 0.6 is 23.2 Å². The summed E-state index contributed by atoms with van der Waals surface area (Å²) in [6, 6.07) is 22.0. The molecule has 41 heavy (non-hydrogen) atoms. The summed E-state index contributed by atoms with van der Waals surface area (Å²) in [7, 11) is -3.85. The van der Waals surface area contributed by atoms with E-state index in [1.807, 2.05) is 36.4 Å². The number of rotatable bonds is 11. The Hall–Kier alpha value is -3.07. The summed E-state index contributed by atoms with van der Waals surface area (Å²) in [5.41, 5.74) is 1.84. The van der Waals surface area contributed by atoms with Gasteiger partial charge in [-0.1, -0.05) is 91.0 Å². The van der Waals surface area contributed by atoms with E-state index in [1.54, 1.807) is 42.5 Å². The summed E-state index contributed by atoms with van der Waals surface area (Å²) >= 11 is 12.5. The Morgan fingerprint density at radius 2 is 1.54 bits per heavy atom. The molecule has 1 aliphatic rings. The first kappa shape index (κ1) is 30.9. The van der Waals surface area contributed by atoms with Gasteiger partial charge >= 0.3 is 0 Å². The molecule has 3 aromatic rings. The molecule has 0 aliphatic heterocycles. The minimum absolute atomic E-state index is 0.0340. The van der Waals surface area contributed by atoms with Gasteiger partial charge in [-0.15, -0.1) is 0 Å². The summed E-state index contributed by atoms with van der Waals surface area (Å²) in [6.45, 7) is -0.459. The van der Waals surface area contributed by atoms with Gasteiger partial charge in [0.15, 0.2) is 0 Å². The van der Waals surface area contributed by atoms with Gasteiger partial charge in [0.25, 0.3) is 0 Å². The molecule has 218 valence electrons. The van der Waals surface area contributed by atoms with Gasteiger partial charge in [0.2, 0.25) is 21.8 Å². The molecule has 3 aromatic carbocycles. The molecule has 1 saturated carbocycles. The van der Waals surface area contributed by atoms with E-state index in [2.05, 4.69) is 5.32 Å². The molecule has 1 atom stereocenters. The van der Waals surface area contributed by atoms with Crippen molar-refractivity contribution in [1.29, 1.82) is 0 Å². The number of carbonyl (C=O) groups is 2. The maximum atomic E-state index is 14.2. The van der Waals surface area contributed by atoms with Gasteiger partial charge in [-0.05, 0) is 54.3 Å².